The third-order valence-electron chi connectivity index (χ3n) is 2.25. The average molecular weight is 216 g/mol. The van der Waals surface area contributed by atoms with Crippen molar-refractivity contribution in [2.45, 2.75) is 13.8 Å². The average Bonchev–Trinajstić information content (AvgIpc) is 2.60. The van der Waals surface area contributed by atoms with Crippen LogP contribution in [0.5, 0.6) is 0 Å². The fraction of sp³-hybridized carbons (Fsp3) is 0.167. The molecule has 0 saturated heterocycles. The van der Waals surface area contributed by atoms with Crippen LogP contribution in [0.2, 0.25) is 0 Å². The molecule has 2 aromatic rings. The van der Waals surface area contributed by atoms with Crippen molar-refractivity contribution >= 4 is 5.91 Å². The Morgan fingerprint density at radius 1 is 1.38 bits per heavy atom. The number of aromatic nitrogens is 1. The third-order valence-corrected chi connectivity index (χ3v) is 2.25. The smallest absolute Gasteiger partial charge is 0.271 e. The topological polar surface area (TPSA) is 69.1 Å². The highest BCUT2D eigenvalue weighted by atomic mass is 16.4. The molecule has 2 N–H and O–H groups in total. The summed E-state index contributed by atoms with van der Waals surface area (Å²) in [6.45, 7) is 3.66. The quantitative estimate of drug-likeness (QED) is 0.835. The maximum Gasteiger partial charge on any atom is 0.271 e. The van der Waals surface area contributed by atoms with Gasteiger partial charge in [-0.1, -0.05) is 23.8 Å². The van der Waals surface area contributed by atoms with E-state index in [0.717, 1.165) is 11.1 Å². The number of benzene rings is 1. The summed E-state index contributed by atoms with van der Waals surface area (Å²) in [5.74, 6) is 0.298. The molecule has 2 rings (SSSR count). The van der Waals surface area contributed by atoms with Gasteiger partial charge in [-0.05, 0) is 13.0 Å². The van der Waals surface area contributed by atoms with E-state index in [2.05, 4.69) is 4.98 Å². The largest absolute Gasteiger partial charge is 0.440 e. The van der Waals surface area contributed by atoms with Crippen molar-refractivity contribution in [3.8, 4) is 11.3 Å². The zero-order chi connectivity index (χ0) is 11.7. The summed E-state index contributed by atoms with van der Waals surface area (Å²) >= 11 is 0. The predicted molar refractivity (Wildman–Crippen MR) is 59.9 cm³/mol. The molecule has 16 heavy (non-hydrogen) atoms. The van der Waals surface area contributed by atoms with Gasteiger partial charge in [0.25, 0.3) is 5.91 Å². The van der Waals surface area contributed by atoms with Crippen molar-refractivity contribution in [2.24, 2.45) is 5.73 Å². The first-order valence-corrected chi connectivity index (χ1v) is 4.92. The summed E-state index contributed by atoms with van der Waals surface area (Å²) in [5.41, 5.74) is 7.32. The van der Waals surface area contributed by atoms with E-state index in [0.29, 0.717) is 11.7 Å². The molecule has 0 radical (unpaired) electrons. The van der Waals surface area contributed by atoms with Gasteiger partial charge in [0.2, 0.25) is 0 Å². The molecule has 0 spiro atoms. The van der Waals surface area contributed by atoms with Crippen LogP contribution in [0.3, 0.4) is 0 Å². The standard InChI is InChI=1S/C12H12N2O2/c1-7-4-3-5-9(6-7)11-10(12(13)15)14-8(2)16-11/h3-6H,1-2H3,(H2,13,15). The Bertz CT molecular complexity index is 544. The van der Waals surface area contributed by atoms with Crippen molar-refractivity contribution in [3.05, 3.63) is 41.4 Å². The normalized spacial score (nSPS) is 10.4. The summed E-state index contributed by atoms with van der Waals surface area (Å²) in [7, 11) is 0. The lowest BCUT2D eigenvalue weighted by atomic mass is 10.1. The van der Waals surface area contributed by atoms with Crippen LogP contribution < -0.4 is 5.73 Å². The van der Waals surface area contributed by atoms with Crippen molar-refractivity contribution in [1.82, 2.24) is 4.98 Å². The minimum absolute atomic E-state index is 0.183. The Balaban J connectivity index is 2.59. The van der Waals surface area contributed by atoms with Gasteiger partial charge in [-0.25, -0.2) is 4.98 Å². The number of nitrogens with zero attached hydrogens (tertiary/aromatic N) is 1. The zero-order valence-corrected chi connectivity index (χ0v) is 9.15. The van der Waals surface area contributed by atoms with E-state index in [4.69, 9.17) is 10.2 Å². The molecule has 0 aliphatic carbocycles. The highest BCUT2D eigenvalue weighted by molar-refractivity contribution is 5.96. The highest BCUT2D eigenvalue weighted by Crippen LogP contribution is 2.25. The third kappa shape index (κ3) is 1.82. The summed E-state index contributed by atoms with van der Waals surface area (Å²) in [4.78, 5) is 15.2. The molecular weight excluding hydrogens is 204 g/mol. The van der Waals surface area contributed by atoms with Crippen molar-refractivity contribution in [3.63, 3.8) is 0 Å². The van der Waals surface area contributed by atoms with E-state index in [1.807, 2.05) is 31.2 Å². The molecule has 0 saturated carbocycles. The van der Waals surface area contributed by atoms with Gasteiger partial charge in [-0.3, -0.25) is 4.79 Å². The zero-order valence-electron chi connectivity index (χ0n) is 9.15. The Morgan fingerprint density at radius 3 is 2.75 bits per heavy atom. The van der Waals surface area contributed by atoms with E-state index in [9.17, 15) is 4.79 Å². The molecule has 0 aliphatic rings. The number of carbonyl (C=O) groups excluding carboxylic acids is 1. The molecule has 0 unspecified atom stereocenters. The van der Waals surface area contributed by atoms with Gasteiger partial charge in [0, 0.05) is 12.5 Å². The molecular formula is C12H12N2O2. The van der Waals surface area contributed by atoms with E-state index in [1.54, 1.807) is 6.92 Å². The number of carbonyl (C=O) groups is 1. The molecule has 0 atom stereocenters. The van der Waals surface area contributed by atoms with Gasteiger partial charge >= 0.3 is 0 Å². The molecule has 0 bridgehead atoms. The van der Waals surface area contributed by atoms with Crippen LogP contribution in [0.15, 0.2) is 28.7 Å². The van der Waals surface area contributed by atoms with E-state index < -0.39 is 5.91 Å². The maximum absolute atomic E-state index is 11.2. The number of primary amides is 1. The van der Waals surface area contributed by atoms with Crippen molar-refractivity contribution < 1.29 is 9.21 Å². The summed E-state index contributed by atoms with van der Waals surface area (Å²) in [5, 5.41) is 0. The van der Waals surface area contributed by atoms with E-state index in [1.165, 1.54) is 0 Å². The molecule has 0 aliphatic heterocycles. The van der Waals surface area contributed by atoms with Gasteiger partial charge in [0.1, 0.15) is 0 Å². The Morgan fingerprint density at radius 2 is 2.12 bits per heavy atom. The summed E-state index contributed by atoms with van der Waals surface area (Å²) < 4.78 is 5.41. The monoisotopic (exact) mass is 216 g/mol. The second-order valence-electron chi connectivity index (χ2n) is 3.64. The van der Waals surface area contributed by atoms with Gasteiger partial charge in [-0.2, -0.15) is 0 Å². The molecule has 82 valence electrons. The summed E-state index contributed by atoms with van der Waals surface area (Å²) in [6, 6.07) is 7.65. The number of amides is 1. The first-order valence-electron chi connectivity index (χ1n) is 4.92. The number of oxazole rings is 1. The second kappa shape index (κ2) is 3.81. The minimum Gasteiger partial charge on any atom is -0.440 e. The molecule has 1 amide bonds. The molecule has 4 heteroatoms. The molecule has 1 heterocycles. The van der Waals surface area contributed by atoms with Crippen LogP contribution >= 0.6 is 0 Å². The Kier molecular flexibility index (Phi) is 2.48. The summed E-state index contributed by atoms with van der Waals surface area (Å²) in [6.07, 6.45) is 0. The van der Waals surface area contributed by atoms with Gasteiger partial charge < -0.3 is 10.2 Å². The number of rotatable bonds is 2. The van der Waals surface area contributed by atoms with Crippen LogP contribution in [0.25, 0.3) is 11.3 Å². The molecule has 4 nitrogen and oxygen atoms in total. The van der Waals surface area contributed by atoms with Crippen LogP contribution in [0.4, 0.5) is 0 Å². The number of hydrogen-bond donors (Lipinski definition) is 1. The lowest BCUT2D eigenvalue weighted by molar-refractivity contribution is 0.0996. The van der Waals surface area contributed by atoms with Gasteiger partial charge in [-0.15, -0.1) is 0 Å². The molecule has 0 fully saturated rings. The van der Waals surface area contributed by atoms with Crippen LogP contribution in [-0.4, -0.2) is 10.9 Å². The highest BCUT2D eigenvalue weighted by Gasteiger charge is 2.17. The predicted octanol–water partition coefficient (Wildman–Crippen LogP) is 2.06. The number of nitrogens with two attached hydrogens (primary N) is 1. The fourth-order valence-corrected chi connectivity index (χ4v) is 1.58. The second-order valence-corrected chi connectivity index (χ2v) is 3.64. The molecule has 1 aromatic carbocycles. The first kappa shape index (κ1) is 10.4. The molecule has 1 aromatic heterocycles. The SMILES string of the molecule is Cc1cccc(-c2oc(C)nc2C(N)=O)c1. The van der Waals surface area contributed by atoms with Gasteiger partial charge in [0.05, 0.1) is 0 Å². The Hall–Kier alpha value is -2.10. The number of aryl methyl sites for hydroxylation is 2. The fourth-order valence-electron chi connectivity index (χ4n) is 1.58. The first-order chi connectivity index (χ1) is 7.58. The van der Waals surface area contributed by atoms with Crippen molar-refractivity contribution in [1.29, 1.82) is 0 Å². The van der Waals surface area contributed by atoms with Crippen LogP contribution in [0, 0.1) is 13.8 Å². The van der Waals surface area contributed by atoms with Crippen LogP contribution in [-0.2, 0) is 0 Å². The van der Waals surface area contributed by atoms with Crippen LogP contribution in [0.1, 0.15) is 21.9 Å². The lowest BCUT2D eigenvalue weighted by Gasteiger charge is -1.99. The lowest BCUT2D eigenvalue weighted by Crippen LogP contribution is -2.12. The van der Waals surface area contributed by atoms with Gasteiger partial charge in [0.15, 0.2) is 17.3 Å². The number of hydrogen-bond acceptors (Lipinski definition) is 3. The maximum atomic E-state index is 11.2. The van der Waals surface area contributed by atoms with Crippen molar-refractivity contribution in [2.75, 3.05) is 0 Å². The van der Waals surface area contributed by atoms with E-state index >= 15 is 0 Å². The minimum atomic E-state index is -0.576. The Labute approximate surface area is 93.1 Å². The van der Waals surface area contributed by atoms with E-state index in [-0.39, 0.29) is 5.69 Å².